The number of carbonyl (C=O) groups is 4. The molecular formula is C29H45ClN4O7. The van der Waals surface area contributed by atoms with Gasteiger partial charge in [-0.15, -0.1) is 12.4 Å². The van der Waals surface area contributed by atoms with E-state index in [1.165, 1.54) is 7.11 Å². The lowest BCUT2D eigenvalue weighted by Gasteiger charge is -2.04. The largest absolute Gasteiger partial charge is 0.469 e. The summed E-state index contributed by atoms with van der Waals surface area (Å²) in [6, 6.07) is 18.8. The highest BCUT2D eigenvalue weighted by Crippen LogP contribution is 2.10. The third kappa shape index (κ3) is 24.0. The van der Waals surface area contributed by atoms with Crippen LogP contribution in [0, 0.1) is 0 Å². The summed E-state index contributed by atoms with van der Waals surface area (Å²) in [4.78, 5) is 44.8. The Morgan fingerprint density at radius 1 is 0.610 bits per heavy atom. The van der Waals surface area contributed by atoms with Crippen LogP contribution in [0.4, 0.5) is 11.4 Å². The van der Waals surface area contributed by atoms with Gasteiger partial charge in [0.15, 0.2) is 0 Å². The molecule has 0 fully saturated rings. The van der Waals surface area contributed by atoms with Crippen molar-refractivity contribution in [3.63, 3.8) is 0 Å². The minimum Gasteiger partial charge on any atom is -0.469 e. The first-order valence-corrected chi connectivity index (χ1v) is 13.4. The van der Waals surface area contributed by atoms with Crippen LogP contribution in [0.25, 0.3) is 0 Å². The molecule has 0 saturated carbocycles. The lowest BCUT2D eigenvalue weighted by Crippen LogP contribution is -2.17. The van der Waals surface area contributed by atoms with Crippen molar-refractivity contribution >= 4 is 47.5 Å². The average Bonchev–Trinajstić information content (AvgIpc) is 2.98. The molecule has 2 rings (SSSR count). The lowest BCUT2D eigenvalue weighted by atomic mass is 10.1. The second-order valence-electron chi connectivity index (χ2n) is 8.77. The molecule has 12 heteroatoms. The Morgan fingerprint density at radius 3 is 1.29 bits per heavy atom. The maximum Gasteiger partial charge on any atom is 0.305 e. The van der Waals surface area contributed by atoms with Gasteiger partial charge in [-0.05, 0) is 49.9 Å². The maximum atomic E-state index is 11.6. The summed E-state index contributed by atoms with van der Waals surface area (Å²) in [5, 5.41) is 20.5. The molecule has 0 aliphatic heterocycles. The molecule has 41 heavy (non-hydrogen) atoms. The summed E-state index contributed by atoms with van der Waals surface area (Å²) < 4.78 is 4.56. The van der Waals surface area contributed by atoms with Gasteiger partial charge in [0.2, 0.25) is 17.7 Å². The summed E-state index contributed by atoms with van der Waals surface area (Å²) in [7, 11) is 1.40. The van der Waals surface area contributed by atoms with Crippen LogP contribution >= 0.6 is 12.4 Å². The first kappa shape index (κ1) is 39.6. The van der Waals surface area contributed by atoms with Gasteiger partial charge < -0.3 is 20.6 Å². The van der Waals surface area contributed by atoms with Gasteiger partial charge in [0.25, 0.3) is 0 Å². The number of nitrogens with two attached hydrogens (primary N) is 1. The van der Waals surface area contributed by atoms with E-state index in [9.17, 15) is 19.2 Å². The number of methoxy groups -OCH3 is 1. The fourth-order valence-corrected chi connectivity index (χ4v) is 3.48. The van der Waals surface area contributed by atoms with Crippen molar-refractivity contribution < 1.29 is 34.3 Å². The van der Waals surface area contributed by atoms with Gasteiger partial charge in [-0.25, -0.2) is 11.4 Å². The number of ether oxygens (including phenoxy) is 1. The number of carbonyl (C=O) groups excluding carboxylic acids is 4. The summed E-state index contributed by atoms with van der Waals surface area (Å²) in [6.45, 7) is 0. The third-order valence-electron chi connectivity index (χ3n) is 5.56. The Balaban J connectivity index is 0. The second kappa shape index (κ2) is 28.0. The molecular weight excluding hydrogens is 552 g/mol. The molecule has 0 heterocycles. The van der Waals surface area contributed by atoms with Gasteiger partial charge in [0.05, 0.1) is 7.11 Å². The van der Waals surface area contributed by atoms with Crippen LogP contribution in [0.15, 0.2) is 60.7 Å². The molecule has 230 valence electrons. The molecule has 0 unspecified atom stereocenters. The molecule has 0 spiro atoms. The zero-order valence-corrected chi connectivity index (χ0v) is 24.5. The minimum atomic E-state index is -0.359. The minimum absolute atomic E-state index is 0. The Kier molecular flexibility index (Phi) is 27.1. The number of para-hydroxylation sites is 2. The highest BCUT2D eigenvalue weighted by Gasteiger charge is 2.04. The predicted molar refractivity (Wildman–Crippen MR) is 161 cm³/mol. The van der Waals surface area contributed by atoms with Crippen LogP contribution in [0.1, 0.15) is 77.0 Å². The van der Waals surface area contributed by atoms with Gasteiger partial charge >= 0.3 is 5.97 Å². The average molecular weight is 597 g/mol. The Labute approximate surface area is 248 Å². The quantitative estimate of drug-likeness (QED) is 0.0647. The van der Waals surface area contributed by atoms with Gasteiger partial charge in [-0.3, -0.25) is 24.4 Å². The van der Waals surface area contributed by atoms with Crippen molar-refractivity contribution in [3.05, 3.63) is 60.7 Å². The number of amides is 3. The Bertz CT molecular complexity index is 873. The molecule has 2 aromatic carbocycles. The van der Waals surface area contributed by atoms with E-state index in [1.807, 2.05) is 60.7 Å². The van der Waals surface area contributed by atoms with E-state index in [4.69, 9.17) is 10.4 Å². The second-order valence-corrected chi connectivity index (χ2v) is 8.77. The fourth-order valence-electron chi connectivity index (χ4n) is 3.48. The molecule has 0 aliphatic carbocycles. The molecule has 0 bridgehead atoms. The number of hydrogen-bond acceptors (Lipinski definition) is 8. The van der Waals surface area contributed by atoms with E-state index >= 15 is 0 Å². The van der Waals surface area contributed by atoms with Gasteiger partial charge in [-0.2, -0.15) is 0 Å². The Hall–Kier alpha value is -3.51. The molecule has 2 aromatic rings. The van der Waals surface area contributed by atoms with E-state index in [1.54, 1.807) is 5.48 Å². The molecule has 0 aliphatic rings. The van der Waals surface area contributed by atoms with Gasteiger partial charge in [-0.1, -0.05) is 62.1 Å². The van der Waals surface area contributed by atoms with Crippen LogP contribution in [0.2, 0.25) is 0 Å². The van der Waals surface area contributed by atoms with Gasteiger partial charge in [0.1, 0.15) is 0 Å². The first-order valence-electron chi connectivity index (χ1n) is 13.4. The standard InChI is InChI=1S/C15H21NO3.C14H20N2O3.ClH.H3NO/c1-19-15(18)12-8-3-2-7-11-14(17)16-13-9-5-4-6-10-13;17-13(15-12-8-4-3-5-9-12)10-6-1-2-7-11-14(18)16-19;;1-2/h4-6,9-10H,2-3,7-8,11-12H2,1H3,(H,16,17);3-5,8-9,19H,1-2,6-7,10-11H2,(H,15,17)(H,16,18);1H;2H,1H2. The number of hydroxylamine groups is 1. The number of hydrogen-bond donors (Lipinski definition) is 6. The predicted octanol–water partition coefficient (Wildman–Crippen LogP) is 5.37. The van der Waals surface area contributed by atoms with E-state index in [2.05, 4.69) is 21.3 Å². The topological polar surface area (TPSA) is 180 Å². The van der Waals surface area contributed by atoms with Crippen LogP contribution in [0.5, 0.6) is 0 Å². The molecule has 0 radical (unpaired) electrons. The summed E-state index contributed by atoms with van der Waals surface area (Å²) in [5.41, 5.74) is 3.24. The van der Waals surface area contributed by atoms with Crippen molar-refractivity contribution in [2.45, 2.75) is 77.0 Å². The molecule has 7 N–H and O–H groups in total. The molecule has 0 saturated heterocycles. The highest BCUT2D eigenvalue weighted by molar-refractivity contribution is 5.91. The zero-order valence-electron chi connectivity index (χ0n) is 23.7. The molecule has 0 aromatic heterocycles. The Morgan fingerprint density at radius 2 is 0.951 bits per heavy atom. The smallest absolute Gasteiger partial charge is 0.305 e. The van der Waals surface area contributed by atoms with Crippen molar-refractivity contribution in [1.29, 1.82) is 0 Å². The number of nitrogens with one attached hydrogen (secondary N) is 3. The lowest BCUT2D eigenvalue weighted by molar-refractivity contribution is -0.140. The van der Waals surface area contributed by atoms with Crippen LogP contribution < -0.4 is 22.0 Å². The van der Waals surface area contributed by atoms with Crippen LogP contribution in [0.3, 0.4) is 0 Å². The van der Waals surface area contributed by atoms with Crippen LogP contribution in [-0.2, 0) is 23.9 Å². The monoisotopic (exact) mass is 596 g/mol. The third-order valence-corrected chi connectivity index (χ3v) is 5.56. The number of halogens is 1. The summed E-state index contributed by atoms with van der Waals surface area (Å²) >= 11 is 0. The van der Waals surface area contributed by atoms with Crippen molar-refractivity contribution in [2.75, 3.05) is 17.7 Å². The van der Waals surface area contributed by atoms with E-state index in [-0.39, 0.29) is 36.1 Å². The van der Waals surface area contributed by atoms with Crippen LogP contribution in [-0.4, -0.2) is 41.2 Å². The van der Waals surface area contributed by atoms with Crippen molar-refractivity contribution in [3.8, 4) is 0 Å². The van der Waals surface area contributed by atoms with Gasteiger partial charge in [0, 0.05) is 37.1 Å². The number of esters is 1. The number of rotatable bonds is 16. The SMILES string of the molecule is COC(=O)CCCCCCC(=O)Nc1ccccc1.Cl.NO.O=C(CCCCCCC(=O)Nc1ccccc1)NO. The summed E-state index contributed by atoms with van der Waals surface area (Å²) in [6.07, 6.45) is 8.70. The van der Waals surface area contributed by atoms with Crippen molar-refractivity contribution in [2.24, 2.45) is 5.90 Å². The number of anilines is 2. The molecule has 3 amide bonds. The zero-order chi connectivity index (χ0) is 29.8. The number of unbranched alkanes of at least 4 members (excludes halogenated alkanes) is 6. The molecule has 0 atom stereocenters. The van der Waals surface area contributed by atoms with E-state index in [0.29, 0.717) is 25.7 Å². The number of benzene rings is 2. The molecule has 11 nitrogen and oxygen atoms in total. The highest BCUT2D eigenvalue weighted by atomic mass is 35.5. The normalized spacial score (nSPS) is 9.37. The van der Waals surface area contributed by atoms with E-state index < -0.39 is 0 Å². The first-order chi connectivity index (χ1) is 19.4. The van der Waals surface area contributed by atoms with E-state index in [0.717, 1.165) is 62.7 Å². The summed E-state index contributed by atoms with van der Waals surface area (Å²) in [5.74, 6) is 3.03. The maximum absolute atomic E-state index is 11.6. The fraction of sp³-hybridized carbons (Fsp3) is 0.448. The van der Waals surface area contributed by atoms with Crippen molar-refractivity contribution in [1.82, 2.24) is 5.48 Å².